The van der Waals surface area contributed by atoms with E-state index in [4.69, 9.17) is 0 Å². The maximum absolute atomic E-state index is 12.2. The Labute approximate surface area is 147 Å². The molecule has 136 valence electrons. The molecule has 1 saturated heterocycles. The van der Waals surface area contributed by atoms with E-state index >= 15 is 0 Å². The summed E-state index contributed by atoms with van der Waals surface area (Å²) in [5.74, 6) is 1.56. The topological polar surface area (TPSA) is 55.5 Å². The van der Waals surface area contributed by atoms with Crippen LogP contribution in [-0.2, 0) is 0 Å². The van der Waals surface area contributed by atoms with Gasteiger partial charge in [-0.15, -0.1) is 23.4 Å². The predicted molar refractivity (Wildman–Crippen MR) is 88.1 cm³/mol. The third kappa shape index (κ3) is 3.42. The number of hydrogen-bond donors (Lipinski definition) is 0. The van der Waals surface area contributed by atoms with Crippen LogP contribution in [0.2, 0.25) is 0 Å². The van der Waals surface area contributed by atoms with Crippen molar-refractivity contribution in [2.24, 2.45) is 0 Å². The molecule has 0 aliphatic carbocycles. The van der Waals surface area contributed by atoms with Gasteiger partial charge in [0.15, 0.2) is 5.65 Å². The van der Waals surface area contributed by atoms with E-state index in [9.17, 15) is 13.2 Å². The van der Waals surface area contributed by atoms with Gasteiger partial charge in [0.25, 0.3) is 0 Å². The quantitative estimate of drug-likeness (QED) is 0.714. The SMILES string of the molecule is FC(F)(F)Oc1ccc(N2CCC(c3nnc4ccccn34)CC2)nc1. The van der Waals surface area contributed by atoms with E-state index in [1.54, 1.807) is 6.07 Å². The van der Waals surface area contributed by atoms with Gasteiger partial charge < -0.3 is 9.64 Å². The normalized spacial score (nSPS) is 16.2. The van der Waals surface area contributed by atoms with Gasteiger partial charge in [0.05, 0.1) is 6.20 Å². The molecule has 0 aromatic carbocycles. The Morgan fingerprint density at radius 3 is 2.54 bits per heavy atom. The number of pyridine rings is 2. The Balaban J connectivity index is 1.42. The summed E-state index contributed by atoms with van der Waals surface area (Å²) in [6.45, 7) is 1.50. The van der Waals surface area contributed by atoms with E-state index in [0.29, 0.717) is 5.82 Å². The van der Waals surface area contributed by atoms with E-state index in [1.807, 2.05) is 28.8 Å². The van der Waals surface area contributed by atoms with Crippen LogP contribution in [-0.4, -0.2) is 39.0 Å². The molecule has 0 atom stereocenters. The van der Waals surface area contributed by atoms with E-state index < -0.39 is 6.36 Å². The highest BCUT2D eigenvalue weighted by Crippen LogP contribution is 2.30. The Kier molecular flexibility index (Phi) is 4.14. The molecule has 3 aromatic heterocycles. The van der Waals surface area contributed by atoms with Crippen LogP contribution in [0.15, 0.2) is 42.7 Å². The first kappa shape index (κ1) is 16.6. The minimum atomic E-state index is -4.71. The summed E-state index contributed by atoms with van der Waals surface area (Å²) in [5, 5.41) is 8.51. The molecule has 0 N–H and O–H groups in total. The molecular weight excluding hydrogens is 347 g/mol. The molecule has 6 nitrogen and oxygen atoms in total. The average molecular weight is 363 g/mol. The molecule has 0 unspecified atom stereocenters. The lowest BCUT2D eigenvalue weighted by molar-refractivity contribution is -0.274. The molecule has 3 aromatic rings. The maximum Gasteiger partial charge on any atom is 0.573 e. The third-order valence-electron chi connectivity index (χ3n) is 4.48. The van der Waals surface area contributed by atoms with Crippen molar-refractivity contribution in [1.29, 1.82) is 0 Å². The van der Waals surface area contributed by atoms with Gasteiger partial charge in [0.2, 0.25) is 0 Å². The summed E-state index contributed by atoms with van der Waals surface area (Å²) in [7, 11) is 0. The highest BCUT2D eigenvalue weighted by Gasteiger charge is 2.31. The van der Waals surface area contributed by atoms with Crippen LogP contribution in [0.25, 0.3) is 5.65 Å². The number of aromatic nitrogens is 4. The molecule has 4 rings (SSSR count). The fraction of sp³-hybridized carbons (Fsp3) is 0.353. The first-order valence-corrected chi connectivity index (χ1v) is 8.26. The number of rotatable bonds is 3. The first-order valence-electron chi connectivity index (χ1n) is 8.26. The molecule has 9 heteroatoms. The Morgan fingerprint density at radius 1 is 1.04 bits per heavy atom. The standard InChI is InChI=1S/C17H16F3N5O/c18-17(19,20)26-13-4-5-14(21-11-13)24-9-6-12(7-10-24)16-23-22-15-3-1-2-8-25(15)16/h1-5,8,11-12H,6-7,9-10H2. The summed E-state index contributed by atoms with van der Waals surface area (Å²) in [6.07, 6.45) is 0.0951. The summed E-state index contributed by atoms with van der Waals surface area (Å²) >= 11 is 0. The lowest BCUT2D eigenvalue weighted by Gasteiger charge is -2.32. The zero-order valence-electron chi connectivity index (χ0n) is 13.7. The fourth-order valence-electron chi connectivity index (χ4n) is 3.26. The zero-order chi connectivity index (χ0) is 18.1. The molecule has 1 aliphatic rings. The summed E-state index contributed by atoms with van der Waals surface area (Å²) in [5.41, 5.74) is 0.826. The Hall–Kier alpha value is -2.84. The number of alkyl halides is 3. The van der Waals surface area contributed by atoms with Crippen molar-refractivity contribution in [3.8, 4) is 5.75 Å². The summed E-state index contributed by atoms with van der Waals surface area (Å²) in [6, 6.07) is 8.62. The van der Waals surface area contributed by atoms with Gasteiger partial charge in [0, 0.05) is 25.2 Å². The lowest BCUT2D eigenvalue weighted by atomic mass is 9.96. The fourth-order valence-corrected chi connectivity index (χ4v) is 3.26. The largest absolute Gasteiger partial charge is 0.573 e. The Bertz CT molecular complexity index is 885. The van der Waals surface area contributed by atoms with Gasteiger partial charge in [-0.25, -0.2) is 4.98 Å². The number of ether oxygens (including phenoxy) is 1. The van der Waals surface area contributed by atoms with Crippen molar-refractivity contribution >= 4 is 11.5 Å². The first-order chi connectivity index (χ1) is 12.5. The molecule has 0 spiro atoms. The second-order valence-electron chi connectivity index (χ2n) is 6.15. The smallest absolute Gasteiger partial charge is 0.404 e. The molecule has 0 saturated carbocycles. The van der Waals surface area contributed by atoms with Crippen LogP contribution in [0.4, 0.5) is 19.0 Å². The molecule has 0 bridgehead atoms. The summed E-state index contributed by atoms with van der Waals surface area (Å²) < 4.78 is 42.5. The van der Waals surface area contributed by atoms with Crippen LogP contribution in [0.3, 0.4) is 0 Å². The number of nitrogens with zero attached hydrogens (tertiary/aromatic N) is 5. The lowest BCUT2D eigenvalue weighted by Crippen LogP contribution is -2.34. The molecular formula is C17H16F3N5O. The number of piperidine rings is 1. The van der Waals surface area contributed by atoms with Gasteiger partial charge in [-0.05, 0) is 37.1 Å². The zero-order valence-corrected chi connectivity index (χ0v) is 13.7. The van der Waals surface area contributed by atoms with Crippen molar-refractivity contribution < 1.29 is 17.9 Å². The predicted octanol–water partition coefficient (Wildman–Crippen LogP) is 3.41. The van der Waals surface area contributed by atoms with E-state index in [2.05, 4.69) is 24.8 Å². The van der Waals surface area contributed by atoms with Crippen LogP contribution in [0.1, 0.15) is 24.6 Å². The van der Waals surface area contributed by atoms with Gasteiger partial charge >= 0.3 is 6.36 Å². The van der Waals surface area contributed by atoms with Crippen molar-refractivity contribution in [1.82, 2.24) is 19.6 Å². The minimum absolute atomic E-state index is 0.288. The molecule has 0 amide bonds. The van der Waals surface area contributed by atoms with Gasteiger partial charge in [-0.2, -0.15) is 0 Å². The van der Waals surface area contributed by atoms with Crippen LogP contribution in [0, 0.1) is 0 Å². The molecule has 0 radical (unpaired) electrons. The van der Waals surface area contributed by atoms with Gasteiger partial charge in [0.1, 0.15) is 17.4 Å². The molecule has 4 heterocycles. The van der Waals surface area contributed by atoms with Crippen molar-refractivity contribution in [3.63, 3.8) is 0 Å². The third-order valence-corrected chi connectivity index (χ3v) is 4.48. The van der Waals surface area contributed by atoms with Crippen LogP contribution in [0.5, 0.6) is 5.75 Å². The second-order valence-corrected chi connectivity index (χ2v) is 6.15. The van der Waals surface area contributed by atoms with E-state index in [1.165, 1.54) is 6.07 Å². The number of anilines is 1. The monoisotopic (exact) mass is 363 g/mol. The number of halogens is 3. The highest BCUT2D eigenvalue weighted by molar-refractivity contribution is 5.42. The van der Waals surface area contributed by atoms with Gasteiger partial charge in [-0.3, -0.25) is 4.40 Å². The average Bonchev–Trinajstić information content (AvgIpc) is 3.05. The highest BCUT2D eigenvalue weighted by atomic mass is 19.4. The maximum atomic E-state index is 12.2. The molecule has 26 heavy (non-hydrogen) atoms. The molecule has 1 aliphatic heterocycles. The summed E-state index contributed by atoms with van der Waals surface area (Å²) in [4.78, 5) is 6.14. The number of hydrogen-bond acceptors (Lipinski definition) is 5. The van der Waals surface area contributed by atoms with Gasteiger partial charge in [-0.1, -0.05) is 6.07 Å². The van der Waals surface area contributed by atoms with Crippen molar-refractivity contribution in [3.05, 3.63) is 48.5 Å². The van der Waals surface area contributed by atoms with Crippen LogP contribution >= 0.6 is 0 Å². The minimum Gasteiger partial charge on any atom is -0.404 e. The van der Waals surface area contributed by atoms with E-state index in [-0.39, 0.29) is 11.7 Å². The number of fused-ring (bicyclic) bond motifs is 1. The second kappa shape index (κ2) is 6.47. The van der Waals surface area contributed by atoms with E-state index in [0.717, 1.165) is 43.6 Å². The van der Waals surface area contributed by atoms with Crippen molar-refractivity contribution in [2.75, 3.05) is 18.0 Å². The van der Waals surface area contributed by atoms with Crippen molar-refractivity contribution in [2.45, 2.75) is 25.1 Å². The molecule has 1 fully saturated rings. The Morgan fingerprint density at radius 2 is 1.85 bits per heavy atom. The van der Waals surface area contributed by atoms with Crippen LogP contribution < -0.4 is 9.64 Å².